The van der Waals surface area contributed by atoms with Crippen LogP contribution in [0.15, 0.2) is 48.5 Å². The fraction of sp³-hybridized carbons (Fsp3) is 0. The zero-order valence-electron chi connectivity index (χ0n) is 20.0. The third-order valence-corrected chi connectivity index (χ3v) is 6.05. The van der Waals surface area contributed by atoms with Crippen molar-refractivity contribution >= 4 is 33.5 Å². The van der Waals surface area contributed by atoms with Gasteiger partial charge in [-0.1, -0.05) is 48.5 Å². The van der Waals surface area contributed by atoms with E-state index in [4.69, 9.17) is 9.47 Å². The van der Waals surface area contributed by atoms with Crippen LogP contribution in [0, 0.1) is 58.2 Å². The molecule has 0 amide bonds. The molecular weight excluding hydrogens is 590 g/mol. The van der Waals surface area contributed by atoms with Gasteiger partial charge >= 0.3 is 11.9 Å². The summed E-state index contributed by atoms with van der Waals surface area (Å²) in [6.45, 7) is 0. The minimum Gasteiger partial charge on any atom is -0.421 e. The SMILES string of the molecule is O=C(Oc1c2ccccc2c(OC(=O)c2c(F)c(F)c(F)c(F)c2F)c2ccccc12)c1c(F)c(F)c(F)c(F)c1F. The molecule has 0 spiro atoms. The molecule has 0 saturated heterocycles. The molecule has 0 atom stereocenters. The first-order valence-electron chi connectivity index (χ1n) is 11.3. The summed E-state index contributed by atoms with van der Waals surface area (Å²) in [5.41, 5.74) is -3.83. The molecule has 214 valence electrons. The minimum absolute atomic E-state index is 0.200. The van der Waals surface area contributed by atoms with Gasteiger partial charge < -0.3 is 9.47 Å². The molecule has 0 fully saturated rings. The first-order chi connectivity index (χ1) is 19.9. The van der Waals surface area contributed by atoms with Gasteiger partial charge in [0.1, 0.15) is 22.6 Å². The molecule has 42 heavy (non-hydrogen) atoms. The lowest BCUT2D eigenvalue weighted by molar-refractivity contribution is 0.0712. The van der Waals surface area contributed by atoms with Crippen LogP contribution in [-0.2, 0) is 0 Å². The number of esters is 2. The summed E-state index contributed by atoms with van der Waals surface area (Å²) < 4.78 is 149. The van der Waals surface area contributed by atoms with Gasteiger partial charge in [0.05, 0.1) is 0 Å². The van der Waals surface area contributed by atoms with Gasteiger partial charge in [0, 0.05) is 21.5 Å². The summed E-state index contributed by atoms with van der Waals surface area (Å²) in [7, 11) is 0. The first-order valence-corrected chi connectivity index (χ1v) is 11.3. The zero-order chi connectivity index (χ0) is 30.6. The second-order valence-corrected chi connectivity index (χ2v) is 8.42. The lowest BCUT2D eigenvalue weighted by Crippen LogP contribution is -2.18. The van der Waals surface area contributed by atoms with E-state index in [0.717, 1.165) is 0 Å². The quantitative estimate of drug-likeness (QED) is 0.0529. The van der Waals surface area contributed by atoms with Crippen LogP contribution >= 0.6 is 0 Å². The summed E-state index contributed by atoms with van der Waals surface area (Å²) in [6.07, 6.45) is 0. The van der Waals surface area contributed by atoms with E-state index in [0.29, 0.717) is 0 Å². The van der Waals surface area contributed by atoms with E-state index in [9.17, 15) is 53.5 Å². The molecule has 5 aromatic rings. The van der Waals surface area contributed by atoms with E-state index in [1.165, 1.54) is 48.5 Å². The highest BCUT2D eigenvalue weighted by Gasteiger charge is 2.34. The summed E-state index contributed by atoms with van der Waals surface area (Å²) >= 11 is 0. The fourth-order valence-corrected chi connectivity index (χ4v) is 4.12. The monoisotopic (exact) mass is 598 g/mol. The van der Waals surface area contributed by atoms with Crippen molar-refractivity contribution in [1.29, 1.82) is 0 Å². The number of benzene rings is 5. The second-order valence-electron chi connectivity index (χ2n) is 8.42. The third-order valence-electron chi connectivity index (χ3n) is 6.05. The molecule has 0 aliphatic heterocycles. The summed E-state index contributed by atoms with van der Waals surface area (Å²) in [6, 6.07) is 10.1. The second kappa shape index (κ2) is 10.4. The Morgan fingerprint density at radius 1 is 0.381 bits per heavy atom. The Balaban J connectivity index is 1.69. The Hall–Kier alpha value is -5.14. The lowest BCUT2D eigenvalue weighted by atomic mass is 10.0. The van der Waals surface area contributed by atoms with E-state index >= 15 is 0 Å². The highest BCUT2D eigenvalue weighted by Crippen LogP contribution is 2.43. The highest BCUT2D eigenvalue weighted by molar-refractivity contribution is 6.13. The Morgan fingerprint density at radius 2 is 0.595 bits per heavy atom. The molecule has 5 aromatic carbocycles. The average Bonchev–Trinajstić information content (AvgIpc) is 2.98. The minimum atomic E-state index is -2.52. The molecule has 0 radical (unpaired) electrons. The summed E-state index contributed by atoms with van der Waals surface area (Å²) in [5, 5.41) is -0.801. The number of carbonyl (C=O) groups excluding carboxylic acids is 2. The molecule has 4 nitrogen and oxygen atoms in total. The molecule has 0 bridgehead atoms. The Kier molecular flexibility index (Phi) is 7.00. The number of halogens is 10. The van der Waals surface area contributed by atoms with Gasteiger partial charge in [-0.25, -0.2) is 53.5 Å². The largest absolute Gasteiger partial charge is 0.421 e. The maximum absolute atomic E-state index is 14.3. The Morgan fingerprint density at radius 3 is 0.833 bits per heavy atom. The molecule has 0 N–H and O–H groups in total. The van der Waals surface area contributed by atoms with Gasteiger partial charge in [-0.2, -0.15) is 0 Å². The molecular formula is C28H8F10O4. The van der Waals surface area contributed by atoms with Gasteiger partial charge in [-0.15, -0.1) is 0 Å². The van der Waals surface area contributed by atoms with Gasteiger partial charge in [-0.3, -0.25) is 0 Å². The van der Waals surface area contributed by atoms with E-state index < -0.39 is 92.7 Å². The van der Waals surface area contributed by atoms with Gasteiger partial charge in [0.15, 0.2) is 46.5 Å². The van der Waals surface area contributed by atoms with Crippen LogP contribution in [0.5, 0.6) is 11.5 Å². The number of fused-ring (bicyclic) bond motifs is 2. The van der Waals surface area contributed by atoms with Crippen LogP contribution in [-0.4, -0.2) is 11.9 Å². The predicted octanol–water partition coefficient (Wildman–Crippen LogP) is 7.82. The molecule has 0 unspecified atom stereocenters. The smallest absolute Gasteiger partial charge is 0.349 e. The van der Waals surface area contributed by atoms with E-state index in [2.05, 4.69) is 0 Å². The first kappa shape index (κ1) is 28.4. The fourth-order valence-electron chi connectivity index (χ4n) is 4.12. The van der Waals surface area contributed by atoms with Crippen LogP contribution in [0.2, 0.25) is 0 Å². The molecule has 0 aliphatic carbocycles. The predicted molar refractivity (Wildman–Crippen MR) is 124 cm³/mol. The molecule has 0 aliphatic rings. The Bertz CT molecular complexity index is 1730. The van der Waals surface area contributed by atoms with Crippen molar-refractivity contribution in [3.8, 4) is 11.5 Å². The van der Waals surface area contributed by atoms with Gasteiger partial charge in [0.2, 0.25) is 11.6 Å². The number of hydrogen-bond donors (Lipinski definition) is 0. The van der Waals surface area contributed by atoms with E-state index in [1.54, 1.807) is 0 Å². The Labute approximate surface area is 226 Å². The maximum Gasteiger partial charge on any atom is 0.349 e. The maximum atomic E-state index is 14.3. The number of ether oxygens (including phenoxy) is 2. The summed E-state index contributed by atoms with van der Waals surface area (Å²) in [4.78, 5) is 25.5. The highest BCUT2D eigenvalue weighted by atomic mass is 19.2. The van der Waals surface area contributed by atoms with Crippen molar-refractivity contribution in [2.45, 2.75) is 0 Å². The average molecular weight is 598 g/mol. The topological polar surface area (TPSA) is 52.6 Å². The van der Waals surface area contributed by atoms with Crippen molar-refractivity contribution in [3.05, 3.63) is 118 Å². The van der Waals surface area contributed by atoms with Crippen LogP contribution in [0.1, 0.15) is 20.7 Å². The lowest BCUT2D eigenvalue weighted by Gasteiger charge is -2.17. The van der Waals surface area contributed by atoms with Crippen LogP contribution in [0.4, 0.5) is 43.9 Å². The number of hydrogen-bond acceptors (Lipinski definition) is 4. The molecule has 14 heteroatoms. The van der Waals surface area contributed by atoms with Crippen molar-refractivity contribution in [1.82, 2.24) is 0 Å². The molecule has 5 rings (SSSR count). The van der Waals surface area contributed by atoms with Crippen LogP contribution < -0.4 is 9.47 Å². The normalized spacial score (nSPS) is 11.3. The van der Waals surface area contributed by atoms with E-state index in [1.807, 2.05) is 0 Å². The van der Waals surface area contributed by atoms with Gasteiger partial charge in [0.25, 0.3) is 0 Å². The third kappa shape index (κ3) is 4.26. The molecule has 0 heterocycles. The standard InChI is InChI=1S/C28H8F10O4/c29-15-13(16(30)20(34)23(37)19(15)33)27(39)41-25-9-5-1-2-6-10(9)26(12-8-4-3-7-11(12)25)42-28(40)14-17(31)21(35)24(38)22(36)18(14)32/h1-8H. The van der Waals surface area contributed by atoms with Gasteiger partial charge in [-0.05, 0) is 0 Å². The van der Waals surface area contributed by atoms with Crippen molar-refractivity contribution in [2.24, 2.45) is 0 Å². The van der Waals surface area contributed by atoms with Crippen LogP contribution in [0.25, 0.3) is 21.5 Å². The van der Waals surface area contributed by atoms with E-state index in [-0.39, 0.29) is 21.5 Å². The molecule has 0 saturated carbocycles. The summed E-state index contributed by atoms with van der Waals surface area (Å²) in [5.74, 6) is -29.7. The molecule has 0 aromatic heterocycles. The number of carbonyl (C=O) groups is 2. The van der Waals surface area contributed by atoms with Crippen molar-refractivity contribution in [2.75, 3.05) is 0 Å². The zero-order valence-corrected chi connectivity index (χ0v) is 20.0. The van der Waals surface area contributed by atoms with Crippen molar-refractivity contribution in [3.63, 3.8) is 0 Å². The van der Waals surface area contributed by atoms with Crippen molar-refractivity contribution < 1.29 is 63.0 Å². The van der Waals surface area contributed by atoms with Crippen LogP contribution in [0.3, 0.4) is 0 Å². The number of rotatable bonds is 4.